The first-order valence-electron chi connectivity index (χ1n) is 13.8. The minimum atomic E-state index is -4.73. The summed E-state index contributed by atoms with van der Waals surface area (Å²) in [6.45, 7) is 3.07. The summed E-state index contributed by atoms with van der Waals surface area (Å²) in [5, 5.41) is 9.63. The van der Waals surface area contributed by atoms with Crippen molar-refractivity contribution in [2.45, 2.75) is 63.8 Å². The highest BCUT2D eigenvalue weighted by molar-refractivity contribution is 5.71. The zero-order valence-corrected chi connectivity index (χ0v) is 22.2. The summed E-state index contributed by atoms with van der Waals surface area (Å²) in [6, 6.07) is 7.63. The standard InChI is InChI=1S/C30H33F6NO3/c1-17(28(38)39)27(19-2-3-19)20-4-7-26-21(12-20)13-23(16-40-26)18-8-10-37(11-9-18)15-22-14-24(29(31,32)33)5-6-25(22)30(34,35)36/h4-7,12,14,17-19,23,27H,2-3,8-11,13,15-16H2,1H3,(H,38,39)/t17-,23?,27?/m0/s1. The van der Waals surface area contributed by atoms with Gasteiger partial charge in [-0.3, -0.25) is 9.69 Å². The number of likely N-dealkylation sites (tertiary alicyclic amines) is 1. The van der Waals surface area contributed by atoms with Gasteiger partial charge in [-0.1, -0.05) is 19.1 Å². The van der Waals surface area contributed by atoms with Gasteiger partial charge in [0.1, 0.15) is 5.75 Å². The molecule has 1 aliphatic carbocycles. The Kier molecular flexibility index (Phi) is 7.85. The molecule has 2 aliphatic heterocycles. The van der Waals surface area contributed by atoms with Crippen LogP contribution in [0.2, 0.25) is 0 Å². The number of alkyl halides is 6. The molecule has 0 aromatic heterocycles. The summed E-state index contributed by atoms with van der Waals surface area (Å²) < 4.78 is 86.2. The highest BCUT2D eigenvalue weighted by Gasteiger charge is 2.40. The van der Waals surface area contributed by atoms with Gasteiger partial charge in [-0.05, 0) is 104 Å². The number of nitrogens with zero attached hydrogens (tertiary/aromatic N) is 1. The van der Waals surface area contributed by atoms with Crippen molar-refractivity contribution in [1.29, 1.82) is 0 Å². The quantitative estimate of drug-likeness (QED) is 0.353. The largest absolute Gasteiger partial charge is 0.493 e. The number of fused-ring (bicyclic) bond motifs is 1. The Balaban J connectivity index is 1.24. The van der Waals surface area contributed by atoms with Crippen molar-refractivity contribution in [3.63, 3.8) is 0 Å². The lowest BCUT2D eigenvalue weighted by Gasteiger charge is -2.38. The summed E-state index contributed by atoms with van der Waals surface area (Å²) >= 11 is 0. The van der Waals surface area contributed by atoms with Crippen molar-refractivity contribution in [1.82, 2.24) is 4.90 Å². The maximum absolute atomic E-state index is 13.5. The molecule has 1 saturated carbocycles. The molecule has 2 unspecified atom stereocenters. The molecule has 218 valence electrons. The zero-order valence-electron chi connectivity index (χ0n) is 22.2. The highest BCUT2D eigenvalue weighted by Crippen LogP contribution is 2.48. The molecule has 2 aromatic rings. The molecule has 1 N–H and O–H groups in total. The van der Waals surface area contributed by atoms with E-state index in [4.69, 9.17) is 4.74 Å². The number of carboxylic acids is 1. The Labute approximate surface area is 229 Å². The van der Waals surface area contributed by atoms with Gasteiger partial charge in [0, 0.05) is 12.5 Å². The van der Waals surface area contributed by atoms with Crippen LogP contribution in [-0.2, 0) is 30.1 Å². The first-order chi connectivity index (χ1) is 18.8. The van der Waals surface area contributed by atoms with E-state index >= 15 is 0 Å². The fraction of sp³-hybridized carbons (Fsp3) is 0.567. The molecule has 0 bridgehead atoms. The lowest BCUT2D eigenvalue weighted by Crippen LogP contribution is -2.39. The molecule has 40 heavy (non-hydrogen) atoms. The molecule has 0 radical (unpaired) electrons. The number of hydrogen-bond donors (Lipinski definition) is 1. The molecular weight excluding hydrogens is 536 g/mol. The van der Waals surface area contributed by atoms with Crippen LogP contribution in [0.3, 0.4) is 0 Å². The van der Waals surface area contributed by atoms with E-state index in [1.807, 2.05) is 12.1 Å². The summed E-state index contributed by atoms with van der Waals surface area (Å²) in [5.41, 5.74) is -0.388. The molecule has 0 amide bonds. The van der Waals surface area contributed by atoms with Crippen molar-refractivity contribution in [2.75, 3.05) is 19.7 Å². The van der Waals surface area contributed by atoms with Crippen LogP contribution in [0.25, 0.3) is 0 Å². The molecule has 10 heteroatoms. The molecule has 3 aliphatic rings. The molecule has 0 spiro atoms. The van der Waals surface area contributed by atoms with Crippen LogP contribution >= 0.6 is 0 Å². The van der Waals surface area contributed by atoms with Gasteiger partial charge >= 0.3 is 18.3 Å². The maximum Gasteiger partial charge on any atom is 0.416 e. The molecule has 2 heterocycles. The van der Waals surface area contributed by atoms with Gasteiger partial charge in [-0.25, -0.2) is 0 Å². The summed E-state index contributed by atoms with van der Waals surface area (Å²) in [5.74, 6) is 0.341. The molecule has 4 nitrogen and oxygen atoms in total. The van der Waals surface area contributed by atoms with Crippen molar-refractivity contribution in [2.24, 2.45) is 23.7 Å². The van der Waals surface area contributed by atoms with Crippen LogP contribution in [0, 0.1) is 23.7 Å². The number of hydrogen-bond acceptors (Lipinski definition) is 3. The lowest BCUT2D eigenvalue weighted by molar-refractivity contribution is -0.142. The number of benzene rings is 2. The highest BCUT2D eigenvalue weighted by atomic mass is 19.4. The molecule has 3 atom stereocenters. The van der Waals surface area contributed by atoms with Gasteiger partial charge in [0.25, 0.3) is 0 Å². The van der Waals surface area contributed by atoms with Crippen LogP contribution in [0.15, 0.2) is 36.4 Å². The van der Waals surface area contributed by atoms with Gasteiger partial charge in [0.15, 0.2) is 0 Å². The number of piperidine rings is 1. The average Bonchev–Trinajstić information content (AvgIpc) is 3.73. The molecule has 2 fully saturated rings. The van der Waals surface area contributed by atoms with Crippen LogP contribution in [-0.4, -0.2) is 35.7 Å². The maximum atomic E-state index is 13.5. The summed E-state index contributed by atoms with van der Waals surface area (Å²) in [4.78, 5) is 13.5. The normalized spacial score (nSPS) is 22.3. The third-order valence-corrected chi connectivity index (χ3v) is 8.89. The first-order valence-corrected chi connectivity index (χ1v) is 13.8. The first kappa shape index (κ1) is 28.8. The van der Waals surface area contributed by atoms with Crippen LogP contribution in [0.4, 0.5) is 26.3 Å². The van der Waals surface area contributed by atoms with Gasteiger partial charge in [0.2, 0.25) is 0 Å². The number of rotatable bonds is 7. The lowest BCUT2D eigenvalue weighted by atomic mass is 9.78. The Morgan fingerprint density at radius 3 is 2.27 bits per heavy atom. The fourth-order valence-electron chi connectivity index (χ4n) is 6.53. The van der Waals surface area contributed by atoms with Gasteiger partial charge in [0.05, 0.1) is 23.7 Å². The van der Waals surface area contributed by atoms with E-state index in [2.05, 4.69) is 6.07 Å². The van der Waals surface area contributed by atoms with Gasteiger partial charge < -0.3 is 9.84 Å². The minimum absolute atomic E-state index is 0.0381. The van der Waals surface area contributed by atoms with Crippen LogP contribution in [0.5, 0.6) is 5.75 Å². The number of carboxylic acid groups (broad SMARTS) is 1. The fourth-order valence-corrected chi connectivity index (χ4v) is 6.53. The Bertz CT molecular complexity index is 1230. The smallest absolute Gasteiger partial charge is 0.416 e. The van der Waals surface area contributed by atoms with Crippen molar-refractivity contribution in [3.05, 3.63) is 64.2 Å². The van der Waals surface area contributed by atoms with Gasteiger partial charge in [-0.2, -0.15) is 26.3 Å². The number of aliphatic carboxylic acids is 1. The zero-order chi connectivity index (χ0) is 28.8. The van der Waals surface area contributed by atoms with E-state index in [9.17, 15) is 36.2 Å². The SMILES string of the molecule is C[C@H](C(=O)O)C(c1ccc2c(c1)CC(C1CCN(Cc3cc(C(F)(F)F)ccc3C(F)(F)F)CC1)CO2)C1CC1. The summed E-state index contributed by atoms with van der Waals surface area (Å²) in [6.07, 6.45) is -5.19. The molecule has 5 rings (SSSR count). The van der Waals surface area contributed by atoms with Crippen molar-refractivity contribution in [3.8, 4) is 5.75 Å². The third-order valence-electron chi connectivity index (χ3n) is 8.89. The molecule has 1 saturated heterocycles. The predicted octanol–water partition coefficient (Wildman–Crippen LogP) is 7.40. The second-order valence-electron chi connectivity index (χ2n) is 11.6. The summed E-state index contributed by atoms with van der Waals surface area (Å²) in [7, 11) is 0. The Hall–Kier alpha value is -2.75. The number of ether oxygens (including phenoxy) is 1. The monoisotopic (exact) mass is 569 g/mol. The predicted molar refractivity (Wildman–Crippen MR) is 136 cm³/mol. The van der Waals surface area contributed by atoms with E-state index < -0.39 is 35.4 Å². The number of carbonyl (C=O) groups is 1. The van der Waals surface area contributed by atoms with E-state index in [0.29, 0.717) is 56.7 Å². The topological polar surface area (TPSA) is 49.8 Å². The Morgan fingerprint density at radius 1 is 0.975 bits per heavy atom. The van der Waals surface area contributed by atoms with Crippen LogP contribution < -0.4 is 4.74 Å². The van der Waals surface area contributed by atoms with E-state index in [0.717, 1.165) is 36.1 Å². The van der Waals surface area contributed by atoms with Crippen LogP contribution in [0.1, 0.15) is 66.3 Å². The van der Waals surface area contributed by atoms with Crippen molar-refractivity contribution < 1.29 is 41.0 Å². The van der Waals surface area contributed by atoms with E-state index in [-0.39, 0.29) is 29.9 Å². The molecule has 2 aromatic carbocycles. The van der Waals surface area contributed by atoms with Crippen molar-refractivity contribution >= 4 is 5.97 Å². The molecular formula is C30H33F6NO3. The second-order valence-corrected chi connectivity index (χ2v) is 11.6. The van der Waals surface area contributed by atoms with E-state index in [1.165, 1.54) is 0 Å². The minimum Gasteiger partial charge on any atom is -0.493 e. The van der Waals surface area contributed by atoms with Gasteiger partial charge in [-0.15, -0.1) is 0 Å². The second kappa shape index (κ2) is 10.9. The third kappa shape index (κ3) is 6.26. The number of halogens is 6. The average molecular weight is 570 g/mol. The van der Waals surface area contributed by atoms with E-state index in [1.54, 1.807) is 11.8 Å². The Morgan fingerprint density at radius 2 is 1.68 bits per heavy atom.